The minimum Gasteiger partial charge on any atom is -0.0741 e. The first-order chi connectivity index (χ1) is 7.26. The van der Waals surface area contributed by atoms with E-state index in [4.69, 9.17) is 0 Å². The highest BCUT2D eigenvalue weighted by molar-refractivity contribution is 5.12. The topological polar surface area (TPSA) is 0 Å². The van der Waals surface area contributed by atoms with Gasteiger partial charge in [0, 0.05) is 0 Å². The molecular formula is C15H30. The lowest BCUT2D eigenvalue weighted by atomic mass is 9.95. The van der Waals surface area contributed by atoms with Crippen LogP contribution in [0, 0.1) is 0 Å². The molecule has 0 aliphatic heterocycles. The molecule has 0 atom stereocenters. The number of hydrogen-bond acceptors (Lipinski definition) is 0. The Bertz CT molecular complexity index is 155. The highest BCUT2D eigenvalue weighted by Gasteiger charge is 2.02. The Labute approximate surface area is 97.2 Å². The smallest absolute Gasteiger partial charge is 0.0318 e. The van der Waals surface area contributed by atoms with Crippen LogP contribution in [0.1, 0.15) is 85.5 Å². The molecule has 0 aromatic heterocycles. The van der Waals surface area contributed by atoms with Gasteiger partial charge in [-0.3, -0.25) is 0 Å². The summed E-state index contributed by atoms with van der Waals surface area (Å²) in [7, 11) is 0. The fourth-order valence-corrected chi connectivity index (χ4v) is 1.95. The summed E-state index contributed by atoms with van der Waals surface area (Å²) in [5, 5.41) is 0. The highest BCUT2D eigenvalue weighted by atomic mass is 14.1. The first-order valence-electron chi connectivity index (χ1n) is 6.93. The van der Waals surface area contributed by atoms with Gasteiger partial charge in [0.15, 0.2) is 0 Å². The summed E-state index contributed by atoms with van der Waals surface area (Å²) in [6.45, 7) is 9.22. The van der Waals surface area contributed by atoms with Gasteiger partial charge in [0.05, 0.1) is 0 Å². The van der Waals surface area contributed by atoms with E-state index in [0.717, 1.165) is 0 Å². The van der Waals surface area contributed by atoms with Crippen molar-refractivity contribution in [1.82, 2.24) is 0 Å². The molecule has 0 unspecified atom stereocenters. The molecule has 0 heteroatoms. The SMILES string of the molecule is CCCCC(C)=C(CCCC)CCCC. The Hall–Kier alpha value is -0.260. The van der Waals surface area contributed by atoms with Crippen LogP contribution in [-0.2, 0) is 0 Å². The maximum atomic E-state index is 2.36. The number of unbranched alkanes of at least 4 members (excludes halogenated alkanes) is 3. The molecule has 0 amide bonds. The third-order valence-electron chi connectivity index (χ3n) is 3.17. The molecule has 0 aliphatic carbocycles. The van der Waals surface area contributed by atoms with Gasteiger partial charge in [-0.15, -0.1) is 0 Å². The van der Waals surface area contributed by atoms with Crippen molar-refractivity contribution in [1.29, 1.82) is 0 Å². The molecule has 0 radical (unpaired) electrons. The second kappa shape index (κ2) is 10.3. The van der Waals surface area contributed by atoms with E-state index in [-0.39, 0.29) is 0 Å². The van der Waals surface area contributed by atoms with E-state index in [0.29, 0.717) is 0 Å². The molecule has 0 fully saturated rings. The van der Waals surface area contributed by atoms with Gasteiger partial charge >= 0.3 is 0 Å². The van der Waals surface area contributed by atoms with Crippen molar-refractivity contribution in [2.45, 2.75) is 85.5 Å². The number of hydrogen-bond donors (Lipinski definition) is 0. The van der Waals surface area contributed by atoms with Crippen LogP contribution < -0.4 is 0 Å². The molecule has 0 bridgehead atoms. The predicted octanol–water partition coefficient (Wildman–Crippen LogP) is 5.87. The van der Waals surface area contributed by atoms with Crippen LogP contribution in [0.4, 0.5) is 0 Å². The second-order valence-corrected chi connectivity index (χ2v) is 4.69. The van der Waals surface area contributed by atoms with E-state index in [1.54, 1.807) is 11.1 Å². The Morgan fingerprint density at radius 2 is 1.07 bits per heavy atom. The first-order valence-corrected chi connectivity index (χ1v) is 6.93. The van der Waals surface area contributed by atoms with Crippen molar-refractivity contribution < 1.29 is 0 Å². The number of allylic oxidation sites excluding steroid dienone is 2. The lowest BCUT2D eigenvalue weighted by molar-refractivity contribution is 0.687. The van der Waals surface area contributed by atoms with Crippen LogP contribution in [0.15, 0.2) is 11.1 Å². The van der Waals surface area contributed by atoms with Crippen molar-refractivity contribution in [2.75, 3.05) is 0 Å². The zero-order valence-electron chi connectivity index (χ0n) is 11.4. The summed E-state index contributed by atoms with van der Waals surface area (Å²) in [6, 6.07) is 0. The average Bonchev–Trinajstić information content (AvgIpc) is 2.26. The molecule has 0 saturated carbocycles. The van der Waals surface area contributed by atoms with E-state index in [9.17, 15) is 0 Å². The fraction of sp³-hybridized carbons (Fsp3) is 0.867. The maximum Gasteiger partial charge on any atom is -0.0318 e. The molecule has 90 valence electrons. The molecule has 0 aliphatic rings. The van der Waals surface area contributed by atoms with Gasteiger partial charge in [0.1, 0.15) is 0 Å². The molecule has 15 heavy (non-hydrogen) atoms. The zero-order valence-corrected chi connectivity index (χ0v) is 11.4. The summed E-state index contributed by atoms with van der Waals surface area (Å²) >= 11 is 0. The Morgan fingerprint density at radius 1 is 0.667 bits per heavy atom. The molecule has 0 heterocycles. The van der Waals surface area contributed by atoms with Crippen molar-refractivity contribution >= 4 is 0 Å². The van der Waals surface area contributed by atoms with Gasteiger partial charge in [0.2, 0.25) is 0 Å². The summed E-state index contributed by atoms with van der Waals surface area (Å²) < 4.78 is 0. The van der Waals surface area contributed by atoms with Gasteiger partial charge < -0.3 is 0 Å². The van der Waals surface area contributed by atoms with Crippen LogP contribution >= 0.6 is 0 Å². The van der Waals surface area contributed by atoms with Crippen molar-refractivity contribution in [3.8, 4) is 0 Å². The van der Waals surface area contributed by atoms with Gasteiger partial charge in [-0.1, -0.05) is 51.2 Å². The molecule has 0 spiro atoms. The van der Waals surface area contributed by atoms with Crippen molar-refractivity contribution in [3.63, 3.8) is 0 Å². The third kappa shape index (κ3) is 7.64. The van der Waals surface area contributed by atoms with Crippen molar-refractivity contribution in [2.24, 2.45) is 0 Å². The van der Waals surface area contributed by atoms with E-state index in [2.05, 4.69) is 27.7 Å². The highest BCUT2D eigenvalue weighted by Crippen LogP contribution is 2.22. The first kappa shape index (κ1) is 14.7. The molecule has 0 aromatic carbocycles. The largest absolute Gasteiger partial charge is 0.0741 e. The molecule has 0 aromatic rings. The van der Waals surface area contributed by atoms with Gasteiger partial charge in [-0.2, -0.15) is 0 Å². The molecule has 0 N–H and O–H groups in total. The van der Waals surface area contributed by atoms with Gasteiger partial charge in [-0.25, -0.2) is 0 Å². The Balaban J connectivity index is 4.14. The van der Waals surface area contributed by atoms with Gasteiger partial charge in [-0.05, 0) is 45.4 Å². The van der Waals surface area contributed by atoms with Crippen LogP contribution in [-0.4, -0.2) is 0 Å². The average molecular weight is 210 g/mol. The Morgan fingerprint density at radius 3 is 1.47 bits per heavy atom. The van der Waals surface area contributed by atoms with Crippen LogP contribution in [0.2, 0.25) is 0 Å². The molecule has 0 saturated heterocycles. The molecular weight excluding hydrogens is 180 g/mol. The van der Waals surface area contributed by atoms with Crippen LogP contribution in [0.5, 0.6) is 0 Å². The summed E-state index contributed by atoms with van der Waals surface area (Å²) in [5.74, 6) is 0. The normalized spacial score (nSPS) is 10.4. The second-order valence-electron chi connectivity index (χ2n) is 4.69. The van der Waals surface area contributed by atoms with E-state index in [1.165, 1.54) is 57.8 Å². The van der Waals surface area contributed by atoms with E-state index in [1.807, 2.05) is 0 Å². The van der Waals surface area contributed by atoms with Gasteiger partial charge in [0.25, 0.3) is 0 Å². The van der Waals surface area contributed by atoms with Crippen LogP contribution in [0.25, 0.3) is 0 Å². The summed E-state index contributed by atoms with van der Waals surface area (Å²) in [5.41, 5.74) is 3.46. The third-order valence-corrected chi connectivity index (χ3v) is 3.17. The van der Waals surface area contributed by atoms with Crippen molar-refractivity contribution in [3.05, 3.63) is 11.1 Å². The van der Waals surface area contributed by atoms with Crippen LogP contribution in [0.3, 0.4) is 0 Å². The fourth-order valence-electron chi connectivity index (χ4n) is 1.95. The molecule has 0 nitrogen and oxygen atoms in total. The van der Waals surface area contributed by atoms with E-state index < -0.39 is 0 Å². The minimum absolute atomic E-state index is 1.33. The predicted molar refractivity (Wildman–Crippen MR) is 71.3 cm³/mol. The molecule has 0 rings (SSSR count). The lowest BCUT2D eigenvalue weighted by Gasteiger charge is -2.11. The standard InChI is InChI=1S/C15H30/c1-5-8-11-14(4)15(12-9-6-2)13-10-7-3/h5-13H2,1-4H3. The summed E-state index contributed by atoms with van der Waals surface area (Å²) in [6.07, 6.45) is 12.1. The zero-order chi connectivity index (χ0) is 11.5. The Kier molecular flexibility index (Phi) is 10.1. The quantitative estimate of drug-likeness (QED) is 0.417. The monoisotopic (exact) mass is 210 g/mol. The van der Waals surface area contributed by atoms with E-state index >= 15 is 0 Å². The minimum atomic E-state index is 1.33. The maximum absolute atomic E-state index is 2.36. The number of rotatable bonds is 9. The lowest BCUT2D eigenvalue weighted by Crippen LogP contribution is -1.91. The summed E-state index contributed by atoms with van der Waals surface area (Å²) in [4.78, 5) is 0.